The van der Waals surface area contributed by atoms with E-state index in [1.165, 1.54) is 6.92 Å². The molecule has 0 saturated heterocycles. The lowest BCUT2D eigenvalue weighted by atomic mass is 9.98. The second kappa shape index (κ2) is 12.8. The molecule has 1 aliphatic heterocycles. The minimum Gasteiger partial charge on any atom is -0.464 e. The van der Waals surface area contributed by atoms with Crippen molar-refractivity contribution in [1.82, 2.24) is 10.2 Å². The summed E-state index contributed by atoms with van der Waals surface area (Å²) in [5, 5.41) is 2.88. The lowest BCUT2D eigenvalue weighted by Crippen LogP contribution is -2.49. The topological polar surface area (TPSA) is 102 Å². The van der Waals surface area contributed by atoms with Crippen LogP contribution in [0.5, 0.6) is 0 Å². The molecule has 8 nitrogen and oxygen atoms in total. The average molecular weight is 503 g/mol. The molecule has 1 heterocycles. The Balaban J connectivity index is 2.38. The minimum absolute atomic E-state index is 0.164. The Bertz CT molecular complexity index is 735. The normalized spacial score (nSPS) is 16.2. The van der Waals surface area contributed by atoms with Crippen LogP contribution in [-0.4, -0.2) is 70.0 Å². The highest BCUT2D eigenvalue weighted by Crippen LogP contribution is 2.37. The molecule has 188 valence electrons. The van der Waals surface area contributed by atoms with Gasteiger partial charge in [-0.3, -0.25) is 24.1 Å². The number of nitrogens with one attached hydrogen (secondary N) is 1. The molecule has 1 unspecified atom stereocenters. The first-order valence-corrected chi connectivity index (χ1v) is 13.4. The zero-order valence-electron chi connectivity index (χ0n) is 20.8. The summed E-state index contributed by atoms with van der Waals surface area (Å²) < 4.78 is 11.2. The van der Waals surface area contributed by atoms with Gasteiger partial charge in [0, 0.05) is 37.0 Å². The molecule has 0 spiro atoms. The molecule has 3 amide bonds. The zero-order valence-corrected chi connectivity index (χ0v) is 22.5. The van der Waals surface area contributed by atoms with Gasteiger partial charge in [0.1, 0.15) is 13.2 Å². The van der Waals surface area contributed by atoms with Crippen LogP contribution < -0.4 is 5.32 Å². The molecule has 0 saturated carbocycles. The number of esters is 1. The van der Waals surface area contributed by atoms with Gasteiger partial charge in [0.25, 0.3) is 11.8 Å². The van der Waals surface area contributed by atoms with Crippen LogP contribution in [0.15, 0.2) is 12.2 Å². The number of hydrogen-bond donors (Lipinski definition) is 1. The van der Waals surface area contributed by atoms with Gasteiger partial charge in [-0.25, -0.2) is 0 Å². The first-order chi connectivity index (χ1) is 15.2. The monoisotopic (exact) mass is 502 g/mol. The Kier molecular flexibility index (Phi) is 11.5. The van der Waals surface area contributed by atoms with Crippen LogP contribution in [0.1, 0.15) is 67.7 Å². The Morgan fingerprint density at radius 1 is 1.06 bits per heavy atom. The van der Waals surface area contributed by atoms with Gasteiger partial charge in [0.15, 0.2) is 0 Å². The molecule has 0 aromatic heterocycles. The maximum atomic E-state index is 12.3. The summed E-state index contributed by atoms with van der Waals surface area (Å²) in [6.45, 7) is 14.0. The van der Waals surface area contributed by atoms with E-state index in [9.17, 15) is 19.2 Å². The molecule has 0 aromatic rings. The van der Waals surface area contributed by atoms with E-state index in [0.29, 0.717) is 19.6 Å². The number of imide groups is 1. The van der Waals surface area contributed by atoms with Gasteiger partial charge < -0.3 is 14.8 Å². The van der Waals surface area contributed by atoms with E-state index >= 15 is 0 Å². The van der Waals surface area contributed by atoms with Gasteiger partial charge in [-0.05, 0) is 53.9 Å². The van der Waals surface area contributed by atoms with E-state index in [1.54, 1.807) is 21.6 Å². The first kappa shape index (κ1) is 29.5. The summed E-state index contributed by atoms with van der Waals surface area (Å²) in [6.07, 6.45) is 4.64. The Hall–Kier alpha value is -1.52. The van der Waals surface area contributed by atoms with E-state index in [1.807, 2.05) is 27.7 Å². The summed E-state index contributed by atoms with van der Waals surface area (Å²) in [4.78, 5) is 47.5. The van der Waals surface area contributed by atoms with E-state index in [-0.39, 0.29) is 28.8 Å². The highest BCUT2D eigenvalue weighted by Gasteiger charge is 2.29. The standard InChI is InChI=1S/C23H38N2O6S2/c1-8-23(7,12-14-32-33-22(5,6)16-30-17(2)26)31-13-11-21(3,4)24-18(27)15-25-19(28)9-10-20(25)29/h9-10H,8,11-16H2,1-7H3,(H,24,27). The van der Waals surface area contributed by atoms with Crippen molar-refractivity contribution in [2.45, 2.75) is 83.6 Å². The Labute approximate surface area is 205 Å². The van der Waals surface area contributed by atoms with Gasteiger partial charge >= 0.3 is 5.97 Å². The summed E-state index contributed by atoms with van der Waals surface area (Å²) in [7, 11) is 3.44. The average Bonchev–Trinajstić information content (AvgIpc) is 3.01. The summed E-state index contributed by atoms with van der Waals surface area (Å²) >= 11 is 0. The lowest BCUT2D eigenvalue weighted by molar-refractivity contribution is -0.142. The van der Waals surface area contributed by atoms with Crippen LogP contribution in [-0.2, 0) is 28.7 Å². The fourth-order valence-corrected chi connectivity index (χ4v) is 5.50. The Morgan fingerprint density at radius 2 is 1.67 bits per heavy atom. The molecule has 0 radical (unpaired) electrons. The molecule has 0 aliphatic carbocycles. The number of carbonyl (C=O) groups is 4. The third-order valence-electron chi connectivity index (χ3n) is 5.23. The van der Waals surface area contributed by atoms with Crippen LogP contribution in [0.4, 0.5) is 0 Å². The second-order valence-electron chi connectivity index (χ2n) is 9.63. The quantitative estimate of drug-likeness (QED) is 0.157. The number of nitrogens with zero attached hydrogens (tertiary/aromatic N) is 1. The second-order valence-corrected chi connectivity index (χ2v) is 12.7. The van der Waals surface area contributed by atoms with Gasteiger partial charge in [0.05, 0.1) is 10.3 Å². The zero-order chi connectivity index (χ0) is 25.3. The molecule has 33 heavy (non-hydrogen) atoms. The largest absolute Gasteiger partial charge is 0.464 e. The van der Waals surface area contributed by atoms with Gasteiger partial charge in [-0.15, -0.1) is 0 Å². The lowest BCUT2D eigenvalue weighted by Gasteiger charge is -2.32. The van der Waals surface area contributed by atoms with Crippen molar-refractivity contribution in [2.24, 2.45) is 0 Å². The van der Waals surface area contributed by atoms with Crippen LogP contribution in [0.3, 0.4) is 0 Å². The highest BCUT2D eigenvalue weighted by molar-refractivity contribution is 8.77. The molecular formula is C23H38N2O6S2. The van der Waals surface area contributed by atoms with E-state index in [4.69, 9.17) is 9.47 Å². The summed E-state index contributed by atoms with van der Waals surface area (Å²) in [5.41, 5.74) is -0.829. The third-order valence-corrected chi connectivity index (χ3v) is 8.49. The summed E-state index contributed by atoms with van der Waals surface area (Å²) in [6, 6.07) is 0. The maximum Gasteiger partial charge on any atom is 0.302 e. The van der Waals surface area contributed by atoms with E-state index < -0.39 is 17.4 Å². The number of hydrogen-bond acceptors (Lipinski definition) is 8. The van der Waals surface area contributed by atoms with Crippen molar-refractivity contribution in [3.8, 4) is 0 Å². The van der Waals surface area contributed by atoms with Crippen molar-refractivity contribution in [2.75, 3.05) is 25.5 Å². The van der Waals surface area contributed by atoms with Crippen molar-refractivity contribution in [1.29, 1.82) is 0 Å². The van der Waals surface area contributed by atoms with Crippen molar-refractivity contribution >= 4 is 45.3 Å². The van der Waals surface area contributed by atoms with Crippen LogP contribution in [0.25, 0.3) is 0 Å². The molecule has 0 fully saturated rings. The fourth-order valence-electron chi connectivity index (χ4n) is 2.87. The molecule has 0 aromatic carbocycles. The van der Waals surface area contributed by atoms with Crippen molar-refractivity contribution < 1.29 is 28.7 Å². The smallest absolute Gasteiger partial charge is 0.302 e. The number of amides is 3. The van der Waals surface area contributed by atoms with Crippen LogP contribution >= 0.6 is 21.6 Å². The van der Waals surface area contributed by atoms with Gasteiger partial charge in [0.2, 0.25) is 5.91 Å². The van der Waals surface area contributed by atoms with E-state index in [2.05, 4.69) is 19.2 Å². The minimum atomic E-state index is -0.545. The highest BCUT2D eigenvalue weighted by atomic mass is 33.1. The Morgan fingerprint density at radius 3 is 2.21 bits per heavy atom. The molecule has 1 N–H and O–H groups in total. The maximum absolute atomic E-state index is 12.3. The predicted octanol–water partition coefficient (Wildman–Crippen LogP) is 3.49. The van der Waals surface area contributed by atoms with Crippen molar-refractivity contribution in [3.63, 3.8) is 0 Å². The molecular weight excluding hydrogens is 464 g/mol. The van der Waals surface area contributed by atoms with E-state index in [0.717, 1.165) is 35.6 Å². The molecule has 1 aliphatic rings. The van der Waals surface area contributed by atoms with Gasteiger partial charge in [-0.1, -0.05) is 28.5 Å². The number of rotatable bonds is 15. The molecule has 1 atom stereocenters. The molecule has 0 bridgehead atoms. The third kappa shape index (κ3) is 11.4. The van der Waals surface area contributed by atoms with Gasteiger partial charge in [-0.2, -0.15) is 0 Å². The predicted molar refractivity (Wildman–Crippen MR) is 133 cm³/mol. The number of ether oxygens (including phenoxy) is 2. The fraction of sp³-hybridized carbons (Fsp3) is 0.739. The van der Waals surface area contributed by atoms with Crippen LogP contribution in [0.2, 0.25) is 0 Å². The molecule has 10 heteroatoms. The summed E-state index contributed by atoms with van der Waals surface area (Å²) in [5.74, 6) is -0.699. The number of carbonyl (C=O) groups excluding carboxylic acids is 4. The SMILES string of the molecule is CCC(C)(CCSSC(C)(C)COC(C)=O)OCCC(C)(C)NC(=O)CN1C(=O)C=CC1=O. The van der Waals surface area contributed by atoms with Crippen LogP contribution in [0, 0.1) is 0 Å². The first-order valence-electron chi connectivity index (χ1n) is 11.1. The van der Waals surface area contributed by atoms with Crippen molar-refractivity contribution in [3.05, 3.63) is 12.2 Å². The molecule has 1 rings (SSSR count).